The first-order valence-corrected chi connectivity index (χ1v) is 6.25. The molecule has 0 unspecified atom stereocenters. The largest absolute Gasteiger partial charge is 0.323 e. The van der Waals surface area contributed by atoms with Crippen LogP contribution >= 0.6 is 55.6 Å². The molecule has 1 aromatic rings. The standard InChI is InChI=1S/C8H11Br2NS.ClH/c1-2-3-6(11)7-4-5(9)8(10)12-7;/h4,6H,2-3,11H2,1H3;1H/t6-;/m1./s1. The Kier molecular flexibility index (Phi) is 6.85. The van der Waals surface area contributed by atoms with Crippen molar-refractivity contribution < 1.29 is 0 Å². The van der Waals surface area contributed by atoms with Crippen molar-refractivity contribution in [3.05, 3.63) is 19.2 Å². The van der Waals surface area contributed by atoms with Crippen LogP contribution in [0.1, 0.15) is 30.7 Å². The fourth-order valence-electron chi connectivity index (χ4n) is 0.999. The molecule has 0 aliphatic heterocycles. The normalized spacial score (nSPS) is 12.3. The van der Waals surface area contributed by atoms with Gasteiger partial charge in [0.2, 0.25) is 0 Å². The Morgan fingerprint density at radius 2 is 2.15 bits per heavy atom. The summed E-state index contributed by atoms with van der Waals surface area (Å²) in [7, 11) is 0. The van der Waals surface area contributed by atoms with E-state index in [-0.39, 0.29) is 18.4 Å². The van der Waals surface area contributed by atoms with Crippen LogP contribution in [0.3, 0.4) is 0 Å². The van der Waals surface area contributed by atoms with Gasteiger partial charge >= 0.3 is 0 Å². The lowest BCUT2D eigenvalue weighted by Crippen LogP contribution is -2.07. The molecule has 2 N–H and O–H groups in total. The summed E-state index contributed by atoms with van der Waals surface area (Å²) in [4.78, 5) is 1.25. The molecule has 1 heterocycles. The summed E-state index contributed by atoms with van der Waals surface area (Å²) in [5.41, 5.74) is 5.96. The molecule has 1 aromatic heterocycles. The lowest BCUT2D eigenvalue weighted by Gasteiger charge is -2.05. The molecule has 0 saturated carbocycles. The highest BCUT2D eigenvalue weighted by atomic mass is 79.9. The molecule has 1 atom stereocenters. The van der Waals surface area contributed by atoms with E-state index < -0.39 is 0 Å². The molecule has 0 aromatic carbocycles. The molecule has 1 nitrogen and oxygen atoms in total. The molecule has 0 aliphatic rings. The quantitative estimate of drug-likeness (QED) is 0.854. The van der Waals surface area contributed by atoms with Gasteiger partial charge < -0.3 is 5.73 Å². The molecule has 0 saturated heterocycles. The summed E-state index contributed by atoms with van der Waals surface area (Å²) in [6.45, 7) is 2.15. The van der Waals surface area contributed by atoms with Crippen molar-refractivity contribution in [2.24, 2.45) is 5.73 Å². The van der Waals surface area contributed by atoms with Crippen LogP contribution in [0, 0.1) is 0 Å². The Bertz CT molecular complexity index is 245. The Labute approximate surface area is 106 Å². The SMILES string of the molecule is CCC[C@@H](N)c1cc(Br)c(Br)s1.Cl. The summed E-state index contributed by atoms with van der Waals surface area (Å²) >= 11 is 8.60. The number of halogens is 3. The topological polar surface area (TPSA) is 26.0 Å². The Morgan fingerprint density at radius 1 is 1.54 bits per heavy atom. The summed E-state index contributed by atoms with van der Waals surface area (Å²) in [5, 5.41) is 0. The minimum atomic E-state index is 0. The molecular formula is C8H12Br2ClNS. The zero-order valence-electron chi connectivity index (χ0n) is 7.22. The van der Waals surface area contributed by atoms with Gasteiger partial charge in [0.1, 0.15) is 0 Å². The van der Waals surface area contributed by atoms with E-state index in [1.54, 1.807) is 11.3 Å². The van der Waals surface area contributed by atoms with Crippen LogP contribution in [0.4, 0.5) is 0 Å². The summed E-state index contributed by atoms with van der Waals surface area (Å²) < 4.78 is 2.23. The molecular weight excluding hydrogens is 337 g/mol. The van der Waals surface area contributed by atoms with Crippen molar-refractivity contribution in [2.45, 2.75) is 25.8 Å². The van der Waals surface area contributed by atoms with E-state index in [4.69, 9.17) is 5.73 Å². The van der Waals surface area contributed by atoms with Crippen molar-refractivity contribution in [2.75, 3.05) is 0 Å². The molecule has 0 amide bonds. The van der Waals surface area contributed by atoms with E-state index in [9.17, 15) is 0 Å². The first-order valence-electron chi connectivity index (χ1n) is 3.85. The number of rotatable bonds is 3. The molecule has 0 spiro atoms. The van der Waals surface area contributed by atoms with Crippen LogP contribution in [-0.4, -0.2) is 0 Å². The third-order valence-electron chi connectivity index (χ3n) is 1.63. The molecule has 0 bridgehead atoms. The van der Waals surface area contributed by atoms with E-state index in [1.807, 2.05) is 0 Å². The zero-order chi connectivity index (χ0) is 9.14. The summed E-state index contributed by atoms with van der Waals surface area (Å²) in [5.74, 6) is 0. The van der Waals surface area contributed by atoms with Crippen LogP contribution in [0.15, 0.2) is 14.3 Å². The second-order valence-electron chi connectivity index (χ2n) is 2.67. The summed E-state index contributed by atoms with van der Waals surface area (Å²) in [6, 6.07) is 2.29. The molecule has 1 rings (SSSR count). The summed E-state index contributed by atoms with van der Waals surface area (Å²) in [6.07, 6.45) is 2.19. The first-order chi connectivity index (χ1) is 5.65. The third-order valence-corrected chi connectivity index (χ3v) is 5.02. The smallest absolute Gasteiger partial charge is 0.0843 e. The van der Waals surface area contributed by atoms with Crippen molar-refractivity contribution in [3.63, 3.8) is 0 Å². The van der Waals surface area contributed by atoms with Crippen molar-refractivity contribution in [1.82, 2.24) is 0 Å². The maximum atomic E-state index is 5.96. The van der Waals surface area contributed by atoms with E-state index in [0.717, 1.165) is 21.1 Å². The molecule has 0 fully saturated rings. The van der Waals surface area contributed by atoms with Gasteiger partial charge in [-0.1, -0.05) is 13.3 Å². The molecule has 13 heavy (non-hydrogen) atoms. The van der Waals surface area contributed by atoms with Gasteiger partial charge in [0.05, 0.1) is 3.79 Å². The Balaban J connectivity index is 0.00000144. The second-order valence-corrected chi connectivity index (χ2v) is 5.92. The number of nitrogens with two attached hydrogens (primary N) is 1. The Hall–Kier alpha value is 0.910. The molecule has 5 heteroatoms. The highest BCUT2D eigenvalue weighted by Crippen LogP contribution is 2.35. The minimum Gasteiger partial charge on any atom is -0.323 e. The first kappa shape index (κ1) is 13.9. The van der Waals surface area contributed by atoms with Crippen molar-refractivity contribution >= 4 is 55.6 Å². The van der Waals surface area contributed by atoms with E-state index in [2.05, 4.69) is 44.8 Å². The highest BCUT2D eigenvalue weighted by molar-refractivity contribution is 9.13. The third kappa shape index (κ3) is 3.88. The number of thiophene rings is 1. The van der Waals surface area contributed by atoms with Crippen LogP contribution in [0.2, 0.25) is 0 Å². The lowest BCUT2D eigenvalue weighted by atomic mass is 10.1. The average Bonchev–Trinajstić information content (AvgIpc) is 2.33. The van der Waals surface area contributed by atoms with Crippen LogP contribution in [0.5, 0.6) is 0 Å². The van der Waals surface area contributed by atoms with Gasteiger partial charge in [-0.05, 0) is 44.3 Å². The van der Waals surface area contributed by atoms with Gasteiger partial charge in [-0.15, -0.1) is 23.7 Å². The van der Waals surface area contributed by atoms with Crippen LogP contribution in [-0.2, 0) is 0 Å². The minimum absolute atomic E-state index is 0. The van der Waals surface area contributed by atoms with Gasteiger partial charge in [0, 0.05) is 15.4 Å². The van der Waals surface area contributed by atoms with Gasteiger partial charge in [0.15, 0.2) is 0 Å². The monoisotopic (exact) mass is 347 g/mol. The van der Waals surface area contributed by atoms with Gasteiger partial charge in [-0.2, -0.15) is 0 Å². The zero-order valence-corrected chi connectivity index (χ0v) is 12.0. The van der Waals surface area contributed by atoms with Gasteiger partial charge in [0.25, 0.3) is 0 Å². The average molecular weight is 350 g/mol. The fourth-order valence-corrected chi connectivity index (χ4v) is 3.12. The predicted molar refractivity (Wildman–Crippen MR) is 68.8 cm³/mol. The van der Waals surface area contributed by atoms with Crippen LogP contribution in [0.25, 0.3) is 0 Å². The molecule has 76 valence electrons. The lowest BCUT2D eigenvalue weighted by molar-refractivity contribution is 0.648. The van der Waals surface area contributed by atoms with Crippen LogP contribution < -0.4 is 5.73 Å². The molecule has 0 radical (unpaired) electrons. The predicted octanol–water partition coefficient (Wildman–Crippen LogP) is 4.49. The van der Waals surface area contributed by atoms with Crippen molar-refractivity contribution in [1.29, 1.82) is 0 Å². The van der Waals surface area contributed by atoms with Crippen molar-refractivity contribution in [3.8, 4) is 0 Å². The van der Waals surface area contributed by atoms with Gasteiger partial charge in [-0.25, -0.2) is 0 Å². The highest BCUT2D eigenvalue weighted by Gasteiger charge is 2.10. The van der Waals surface area contributed by atoms with E-state index in [1.165, 1.54) is 4.88 Å². The number of hydrogen-bond donors (Lipinski definition) is 1. The van der Waals surface area contributed by atoms with E-state index in [0.29, 0.717) is 0 Å². The maximum Gasteiger partial charge on any atom is 0.0843 e. The molecule has 0 aliphatic carbocycles. The second kappa shape index (κ2) is 6.40. The number of hydrogen-bond acceptors (Lipinski definition) is 2. The van der Waals surface area contributed by atoms with Gasteiger partial charge in [-0.3, -0.25) is 0 Å². The Morgan fingerprint density at radius 3 is 2.54 bits per heavy atom. The fraction of sp³-hybridized carbons (Fsp3) is 0.500. The van der Waals surface area contributed by atoms with E-state index >= 15 is 0 Å². The maximum absolute atomic E-state index is 5.96.